The van der Waals surface area contributed by atoms with E-state index < -0.39 is 115 Å². The van der Waals surface area contributed by atoms with Crippen LogP contribution in [0.15, 0.2) is 34.6 Å². The van der Waals surface area contributed by atoms with E-state index in [0.717, 1.165) is 24.8 Å². The summed E-state index contributed by atoms with van der Waals surface area (Å²) in [6.07, 6.45) is 1.46. The topological polar surface area (TPSA) is 108 Å². The van der Waals surface area contributed by atoms with Crippen LogP contribution in [0.1, 0.15) is 105 Å². The molecule has 5 aliphatic heterocycles. The molecule has 3 aliphatic carbocycles. The third-order valence-electron chi connectivity index (χ3n) is 14.0. The molecule has 1 spiro atoms. The molecule has 0 N–H and O–H groups in total. The molecule has 8 rings (SSSR count). The molecule has 8 aliphatic rings. The van der Waals surface area contributed by atoms with Crippen molar-refractivity contribution in [2.45, 2.75) is 141 Å². The molecule has 5 heterocycles. The van der Waals surface area contributed by atoms with Crippen molar-refractivity contribution in [3.05, 3.63) is 34.6 Å². The van der Waals surface area contributed by atoms with E-state index in [1.165, 1.54) is 0 Å². The average molecular weight is 885 g/mol. The number of ether oxygens (including phenoxy) is 8. The summed E-state index contributed by atoms with van der Waals surface area (Å²) in [6, 6.07) is 0. The van der Waals surface area contributed by atoms with Crippen molar-refractivity contribution in [1.82, 2.24) is 0 Å². The number of halogens is 8. The van der Waals surface area contributed by atoms with Gasteiger partial charge in [-0.15, -0.1) is 0 Å². The highest BCUT2D eigenvalue weighted by Gasteiger charge is 2.62. The molecule has 0 aromatic heterocycles. The Morgan fingerprint density at radius 3 is 1.64 bits per heavy atom. The van der Waals surface area contributed by atoms with Crippen LogP contribution in [0.25, 0.3) is 0 Å². The van der Waals surface area contributed by atoms with Gasteiger partial charge in [-0.1, -0.05) is 41.0 Å². The van der Waals surface area contributed by atoms with Gasteiger partial charge in [0.25, 0.3) is 17.8 Å². The molecule has 0 amide bonds. The molecular formula is C43H56F8O10. The Balaban J connectivity index is 1.32. The number of esters is 2. The van der Waals surface area contributed by atoms with Crippen LogP contribution in [-0.4, -0.2) is 87.5 Å². The van der Waals surface area contributed by atoms with Gasteiger partial charge in [-0.3, -0.25) is 9.59 Å². The van der Waals surface area contributed by atoms with E-state index in [9.17, 15) is 44.7 Å². The summed E-state index contributed by atoms with van der Waals surface area (Å²) in [5.74, 6) is -21.8. The Hall–Kier alpha value is -3.60. The second kappa shape index (κ2) is 16.5. The predicted molar refractivity (Wildman–Crippen MR) is 198 cm³/mol. The number of rotatable bonds is 2. The first kappa shape index (κ1) is 45.4. The lowest BCUT2D eigenvalue weighted by Crippen LogP contribution is -2.48. The van der Waals surface area contributed by atoms with Crippen LogP contribution in [0.3, 0.4) is 0 Å². The minimum Gasteiger partial charge on any atom is -0.461 e. The van der Waals surface area contributed by atoms with Gasteiger partial charge in [-0.2, -0.15) is 35.1 Å². The second-order valence-corrected chi connectivity index (χ2v) is 18.9. The van der Waals surface area contributed by atoms with E-state index >= 15 is 0 Å². The maximum Gasteiger partial charge on any atom is 0.346 e. The molecule has 9 unspecified atom stereocenters. The van der Waals surface area contributed by atoms with Crippen LogP contribution in [0.2, 0.25) is 0 Å². The fraction of sp³-hybridized carbons (Fsp3) is 0.814. The molecule has 2 bridgehead atoms. The van der Waals surface area contributed by atoms with Crippen LogP contribution in [0.5, 0.6) is 0 Å². The van der Waals surface area contributed by atoms with Crippen LogP contribution >= 0.6 is 0 Å². The standard InChI is InChI=1S/C43H56F8O10/c1-6-26-8-23(3)9-27(11-26)34-60-31-17-54-36(52)38(7-2)13-25(5)29(30(16-38)35-58-21-42(48,49)43(50,51)22-59-35)15-39(37(53)55-18-32(31)61-34)12-24(4)10-28(14-39)33-56-19-40(44,45)41(46,47)20-57-33/h23-26,29,31-32H,6-22H2,1-5H3/b34-27-. The first-order valence-electron chi connectivity index (χ1n) is 21.4. The smallest absolute Gasteiger partial charge is 0.346 e. The van der Waals surface area contributed by atoms with Gasteiger partial charge in [-0.25, -0.2) is 0 Å². The Bertz CT molecular complexity index is 1760. The molecule has 18 heteroatoms. The van der Waals surface area contributed by atoms with E-state index in [2.05, 4.69) is 13.8 Å². The lowest BCUT2D eigenvalue weighted by molar-refractivity contribution is -0.222. The number of alkyl halides is 8. The van der Waals surface area contributed by atoms with E-state index in [-0.39, 0.29) is 75.3 Å². The van der Waals surface area contributed by atoms with Crippen molar-refractivity contribution < 1.29 is 82.6 Å². The Morgan fingerprint density at radius 1 is 0.574 bits per heavy atom. The van der Waals surface area contributed by atoms with Crippen LogP contribution in [-0.2, 0) is 47.5 Å². The number of carbonyl (C=O) groups excluding carboxylic acids is 2. The molecule has 0 radical (unpaired) electrons. The highest BCUT2D eigenvalue weighted by atomic mass is 19.3. The second-order valence-electron chi connectivity index (χ2n) is 18.9. The average Bonchev–Trinajstić information content (AvgIpc) is 3.52. The zero-order valence-corrected chi connectivity index (χ0v) is 35.2. The summed E-state index contributed by atoms with van der Waals surface area (Å²) >= 11 is 0. The number of allylic oxidation sites excluding steroid dienone is 3. The van der Waals surface area contributed by atoms with Gasteiger partial charge in [0.2, 0.25) is 0 Å². The summed E-state index contributed by atoms with van der Waals surface area (Å²) in [7, 11) is 0. The van der Waals surface area contributed by atoms with Gasteiger partial charge < -0.3 is 37.9 Å². The summed E-state index contributed by atoms with van der Waals surface area (Å²) in [5.41, 5.74) is -1.69. The Kier molecular flexibility index (Phi) is 12.3. The number of hydrogen-bond acceptors (Lipinski definition) is 10. The highest BCUT2D eigenvalue weighted by Crippen LogP contribution is 2.57. The summed E-state index contributed by atoms with van der Waals surface area (Å²) in [6.45, 7) is 1.99. The van der Waals surface area contributed by atoms with E-state index in [1.54, 1.807) is 20.8 Å². The molecule has 5 saturated heterocycles. The minimum absolute atomic E-state index is 0.103. The molecule has 344 valence electrons. The van der Waals surface area contributed by atoms with Gasteiger partial charge in [-0.05, 0) is 93.8 Å². The number of hydrogen-bond donors (Lipinski definition) is 0. The molecule has 3 saturated carbocycles. The summed E-state index contributed by atoms with van der Waals surface area (Å²) in [5, 5.41) is 0. The first-order valence-corrected chi connectivity index (χ1v) is 21.4. The third-order valence-corrected chi connectivity index (χ3v) is 14.0. The fourth-order valence-corrected chi connectivity index (χ4v) is 10.6. The van der Waals surface area contributed by atoms with Crippen LogP contribution < -0.4 is 0 Å². The number of fused-ring (bicyclic) bond motifs is 6. The molecule has 61 heavy (non-hydrogen) atoms. The Morgan fingerprint density at radius 2 is 1.10 bits per heavy atom. The highest BCUT2D eigenvalue weighted by molar-refractivity contribution is 5.79. The van der Waals surface area contributed by atoms with Crippen LogP contribution in [0, 0.1) is 40.4 Å². The molecule has 0 aromatic carbocycles. The zero-order valence-electron chi connectivity index (χ0n) is 35.2. The fourth-order valence-electron chi connectivity index (χ4n) is 10.6. The SMILES string of the molecule is CCC1C/C(=C2/OC3COC(=O)C4(CC)CC(=C5OCC(F)(F)C(F)(F)CO5)C(CC5(CC(=C6OCC(F)(F)C(F)(F)CO6)CC(C)C5)C(=O)OCC3O2)C(C)C4)CC(C)C1. The van der Waals surface area contributed by atoms with E-state index in [0.29, 0.717) is 18.3 Å². The van der Waals surface area contributed by atoms with Gasteiger partial charge in [0, 0.05) is 16.7 Å². The maximum atomic E-state index is 14.9. The van der Waals surface area contributed by atoms with Crippen molar-refractivity contribution in [1.29, 1.82) is 0 Å². The lowest BCUT2D eigenvalue weighted by atomic mass is 9.56. The van der Waals surface area contributed by atoms with Gasteiger partial charge in [0.15, 0.2) is 38.6 Å². The number of carbonyl (C=O) groups is 2. The van der Waals surface area contributed by atoms with Crippen molar-refractivity contribution in [2.24, 2.45) is 40.4 Å². The summed E-state index contributed by atoms with van der Waals surface area (Å²) in [4.78, 5) is 29.3. The van der Waals surface area contributed by atoms with E-state index in [1.807, 2.05) is 0 Å². The molecule has 0 aromatic rings. The van der Waals surface area contributed by atoms with Crippen molar-refractivity contribution in [2.75, 3.05) is 39.6 Å². The largest absolute Gasteiger partial charge is 0.461 e. The van der Waals surface area contributed by atoms with Crippen molar-refractivity contribution in [3.63, 3.8) is 0 Å². The van der Waals surface area contributed by atoms with Crippen LogP contribution in [0.4, 0.5) is 35.1 Å². The molecular weight excluding hydrogens is 828 g/mol. The monoisotopic (exact) mass is 884 g/mol. The molecule has 8 fully saturated rings. The quantitative estimate of drug-likeness (QED) is 0.197. The predicted octanol–water partition coefficient (Wildman–Crippen LogP) is 9.63. The minimum atomic E-state index is -4.61. The van der Waals surface area contributed by atoms with Crippen molar-refractivity contribution in [3.8, 4) is 0 Å². The molecule has 9 atom stereocenters. The Labute approximate surface area is 350 Å². The summed E-state index contributed by atoms with van der Waals surface area (Å²) < 4.78 is 162. The lowest BCUT2D eigenvalue weighted by Gasteiger charge is -2.48. The maximum absolute atomic E-state index is 14.9. The normalized spacial score (nSPS) is 40.0. The van der Waals surface area contributed by atoms with Crippen molar-refractivity contribution >= 4 is 11.9 Å². The van der Waals surface area contributed by atoms with Gasteiger partial charge in [0.1, 0.15) is 13.2 Å². The third kappa shape index (κ3) is 8.71. The molecule has 10 nitrogen and oxygen atoms in total. The zero-order chi connectivity index (χ0) is 44.3. The first-order chi connectivity index (χ1) is 28.5. The van der Waals surface area contributed by atoms with Gasteiger partial charge in [0.05, 0.1) is 10.8 Å². The van der Waals surface area contributed by atoms with E-state index in [4.69, 9.17) is 37.9 Å². The van der Waals surface area contributed by atoms with Gasteiger partial charge >= 0.3 is 35.6 Å².